The zero-order chi connectivity index (χ0) is 16.7. The molecular weight excluding hydrogens is 315 g/mol. The molecule has 0 aliphatic carbocycles. The molecular formula is C17H17FN2O2S. The molecule has 23 heavy (non-hydrogen) atoms. The fourth-order valence-electron chi connectivity index (χ4n) is 1.87. The van der Waals surface area contributed by atoms with Gasteiger partial charge in [-0.2, -0.15) is 0 Å². The van der Waals surface area contributed by atoms with E-state index in [1.807, 2.05) is 18.2 Å². The Morgan fingerprint density at radius 3 is 2.35 bits per heavy atom. The van der Waals surface area contributed by atoms with Gasteiger partial charge in [-0.05, 0) is 36.8 Å². The lowest BCUT2D eigenvalue weighted by atomic mass is 10.2. The normalized spacial score (nSPS) is 10.2. The van der Waals surface area contributed by atoms with Gasteiger partial charge in [0, 0.05) is 11.4 Å². The molecule has 2 aromatic rings. The van der Waals surface area contributed by atoms with Gasteiger partial charge in [-0.25, -0.2) is 4.39 Å². The predicted molar refractivity (Wildman–Crippen MR) is 92.2 cm³/mol. The number of rotatable bonds is 6. The maximum Gasteiger partial charge on any atom is 0.234 e. The van der Waals surface area contributed by atoms with Crippen molar-refractivity contribution in [1.82, 2.24) is 0 Å². The summed E-state index contributed by atoms with van der Waals surface area (Å²) >= 11 is 1.20. The first kappa shape index (κ1) is 17.0. The fourth-order valence-corrected chi connectivity index (χ4v) is 2.49. The van der Waals surface area contributed by atoms with Crippen LogP contribution >= 0.6 is 11.8 Å². The van der Waals surface area contributed by atoms with Crippen LogP contribution in [0.5, 0.6) is 0 Å². The largest absolute Gasteiger partial charge is 0.325 e. The van der Waals surface area contributed by atoms with E-state index < -0.39 is 5.82 Å². The molecule has 4 nitrogen and oxygen atoms in total. The minimum atomic E-state index is -0.402. The van der Waals surface area contributed by atoms with Gasteiger partial charge in [0.1, 0.15) is 5.82 Å². The standard InChI is InChI=1S/C17H17FN2O2S/c1-12-7-8-13(18)9-15(12)20-17(22)11-23-10-16(21)19-14-5-3-2-4-6-14/h2-9H,10-11H2,1H3,(H,19,21)(H,20,22). The van der Waals surface area contributed by atoms with Crippen LogP contribution in [0.1, 0.15) is 5.56 Å². The fraction of sp³-hybridized carbons (Fsp3) is 0.176. The summed E-state index contributed by atoms with van der Waals surface area (Å²) in [6.45, 7) is 1.79. The molecule has 0 radical (unpaired) electrons. The van der Waals surface area contributed by atoms with Crippen LogP contribution in [-0.4, -0.2) is 23.3 Å². The Kier molecular flexibility index (Phi) is 6.17. The first-order valence-corrected chi connectivity index (χ1v) is 8.19. The van der Waals surface area contributed by atoms with E-state index in [0.29, 0.717) is 5.69 Å². The highest BCUT2D eigenvalue weighted by Crippen LogP contribution is 2.16. The van der Waals surface area contributed by atoms with Crippen molar-refractivity contribution in [2.45, 2.75) is 6.92 Å². The molecule has 0 aromatic heterocycles. The van der Waals surface area contributed by atoms with Crippen LogP contribution < -0.4 is 10.6 Å². The quantitative estimate of drug-likeness (QED) is 0.852. The van der Waals surface area contributed by atoms with E-state index in [9.17, 15) is 14.0 Å². The molecule has 0 heterocycles. The lowest BCUT2D eigenvalue weighted by Gasteiger charge is -2.08. The molecule has 0 fully saturated rings. The van der Waals surface area contributed by atoms with Crippen LogP contribution in [0.3, 0.4) is 0 Å². The number of halogens is 1. The third-order valence-electron chi connectivity index (χ3n) is 3.00. The van der Waals surface area contributed by atoms with Gasteiger partial charge >= 0.3 is 0 Å². The summed E-state index contributed by atoms with van der Waals surface area (Å²) in [5, 5.41) is 5.38. The molecule has 0 saturated carbocycles. The number of thioether (sulfide) groups is 1. The molecule has 0 aliphatic heterocycles. The minimum absolute atomic E-state index is 0.123. The number of amides is 2. The molecule has 2 rings (SSSR count). The van der Waals surface area contributed by atoms with E-state index in [2.05, 4.69) is 10.6 Å². The smallest absolute Gasteiger partial charge is 0.234 e. The van der Waals surface area contributed by atoms with E-state index in [0.717, 1.165) is 11.3 Å². The van der Waals surface area contributed by atoms with Crippen LogP contribution in [0, 0.1) is 12.7 Å². The van der Waals surface area contributed by atoms with Crippen LogP contribution in [-0.2, 0) is 9.59 Å². The zero-order valence-corrected chi connectivity index (χ0v) is 13.5. The summed E-state index contributed by atoms with van der Waals surface area (Å²) in [5.74, 6) is -0.546. The van der Waals surface area contributed by atoms with Crippen molar-refractivity contribution in [3.63, 3.8) is 0 Å². The zero-order valence-electron chi connectivity index (χ0n) is 12.6. The first-order valence-electron chi connectivity index (χ1n) is 7.03. The average molecular weight is 332 g/mol. The summed E-state index contributed by atoms with van der Waals surface area (Å²) in [4.78, 5) is 23.6. The Bertz CT molecular complexity index is 692. The van der Waals surface area contributed by atoms with Gasteiger partial charge in [0.15, 0.2) is 0 Å². The van der Waals surface area contributed by atoms with E-state index in [4.69, 9.17) is 0 Å². The number of para-hydroxylation sites is 1. The molecule has 2 N–H and O–H groups in total. The van der Waals surface area contributed by atoms with Gasteiger partial charge in [0.2, 0.25) is 11.8 Å². The number of anilines is 2. The molecule has 120 valence electrons. The Hall–Kier alpha value is -2.34. The SMILES string of the molecule is Cc1ccc(F)cc1NC(=O)CSCC(=O)Nc1ccccc1. The second kappa shape index (κ2) is 8.33. The Balaban J connectivity index is 1.74. The number of aryl methyl sites for hydroxylation is 1. The maximum atomic E-state index is 13.2. The van der Waals surface area contributed by atoms with Crippen molar-refractivity contribution in [2.24, 2.45) is 0 Å². The van der Waals surface area contributed by atoms with Crippen molar-refractivity contribution in [3.8, 4) is 0 Å². The Morgan fingerprint density at radius 1 is 1.00 bits per heavy atom. The molecule has 6 heteroatoms. The molecule has 0 spiro atoms. The maximum absolute atomic E-state index is 13.2. The number of nitrogens with one attached hydrogen (secondary N) is 2. The van der Waals surface area contributed by atoms with Crippen LogP contribution in [0.25, 0.3) is 0 Å². The van der Waals surface area contributed by atoms with Crippen molar-refractivity contribution in [1.29, 1.82) is 0 Å². The molecule has 0 unspecified atom stereocenters. The first-order chi connectivity index (χ1) is 11.0. The van der Waals surface area contributed by atoms with Gasteiger partial charge in [-0.15, -0.1) is 11.8 Å². The molecule has 0 saturated heterocycles. The highest BCUT2D eigenvalue weighted by molar-refractivity contribution is 8.00. The Labute approximate surface area is 138 Å². The third kappa shape index (κ3) is 5.75. The average Bonchev–Trinajstić information content (AvgIpc) is 2.52. The number of benzene rings is 2. The third-order valence-corrected chi connectivity index (χ3v) is 3.93. The highest BCUT2D eigenvalue weighted by Gasteiger charge is 2.08. The molecule has 0 aliphatic rings. The number of carbonyl (C=O) groups is 2. The van der Waals surface area contributed by atoms with Crippen molar-refractivity contribution in [3.05, 3.63) is 59.9 Å². The highest BCUT2D eigenvalue weighted by atomic mass is 32.2. The van der Waals surface area contributed by atoms with Crippen molar-refractivity contribution < 1.29 is 14.0 Å². The monoisotopic (exact) mass is 332 g/mol. The van der Waals surface area contributed by atoms with Gasteiger partial charge in [0.25, 0.3) is 0 Å². The van der Waals surface area contributed by atoms with Gasteiger partial charge in [0.05, 0.1) is 11.5 Å². The lowest BCUT2D eigenvalue weighted by Crippen LogP contribution is -2.18. The second-order valence-corrected chi connectivity index (χ2v) is 5.90. The summed E-state index contributed by atoms with van der Waals surface area (Å²) in [6, 6.07) is 13.3. The van der Waals surface area contributed by atoms with Gasteiger partial charge < -0.3 is 10.6 Å². The summed E-state index contributed by atoms with van der Waals surface area (Å²) in [5.41, 5.74) is 1.95. The topological polar surface area (TPSA) is 58.2 Å². The van der Waals surface area contributed by atoms with Crippen LogP contribution in [0.4, 0.5) is 15.8 Å². The van der Waals surface area contributed by atoms with Gasteiger partial charge in [-0.1, -0.05) is 24.3 Å². The van der Waals surface area contributed by atoms with Crippen LogP contribution in [0.2, 0.25) is 0 Å². The molecule has 0 bridgehead atoms. The van der Waals surface area contributed by atoms with E-state index in [1.54, 1.807) is 25.1 Å². The van der Waals surface area contributed by atoms with E-state index in [1.165, 1.54) is 23.9 Å². The van der Waals surface area contributed by atoms with Crippen molar-refractivity contribution >= 4 is 35.0 Å². The lowest BCUT2D eigenvalue weighted by molar-refractivity contribution is -0.114. The molecule has 2 aromatic carbocycles. The number of carbonyl (C=O) groups excluding carboxylic acids is 2. The number of hydrogen-bond donors (Lipinski definition) is 2. The predicted octanol–water partition coefficient (Wildman–Crippen LogP) is 3.44. The Morgan fingerprint density at radius 2 is 1.65 bits per heavy atom. The van der Waals surface area contributed by atoms with Gasteiger partial charge in [-0.3, -0.25) is 9.59 Å². The minimum Gasteiger partial charge on any atom is -0.325 e. The summed E-state index contributed by atoms with van der Waals surface area (Å²) < 4.78 is 13.2. The van der Waals surface area contributed by atoms with Crippen LogP contribution in [0.15, 0.2) is 48.5 Å². The van der Waals surface area contributed by atoms with E-state index >= 15 is 0 Å². The second-order valence-electron chi connectivity index (χ2n) is 4.91. The number of hydrogen-bond acceptors (Lipinski definition) is 3. The molecule has 0 atom stereocenters. The molecule has 2 amide bonds. The summed E-state index contributed by atoms with van der Waals surface area (Å²) in [6.07, 6.45) is 0. The van der Waals surface area contributed by atoms with E-state index in [-0.39, 0.29) is 23.3 Å². The van der Waals surface area contributed by atoms with Crippen molar-refractivity contribution in [2.75, 3.05) is 22.1 Å². The summed E-state index contributed by atoms with van der Waals surface area (Å²) in [7, 11) is 0.